The van der Waals surface area contributed by atoms with E-state index in [9.17, 15) is 9.18 Å². The van der Waals surface area contributed by atoms with E-state index < -0.39 is 11.8 Å². The van der Waals surface area contributed by atoms with Gasteiger partial charge < -0.3 is 10.4 Å². The zero-order valence-corrected chi connectivity index (χ0v) is 12.5. The molecule has 1 atom stereocenters. The summed E-state index contributed by atoms with van der Waals surface area (Å²) in [5.74, 6) is -1.66. The highest BCUT2D eigenvalue weighted by Gasteiger charge is 2.14. The molecule has 2 aromatic rings. The molecule has 3 nitrogen and oxygen atoms in total. The molecule has 0 bridgehead atoms. The standard InChI is InChI=1S/C15H12Cl2FNO2/c1-8(11-7-10(16)3-4-12(11)17)19-14-6-9(15(20)21)2-5-13(14)18/h2-8,19H,1H3,(H,20,21). The molecule has 0 aliphatic heterocycles. The minimum Gasteiger partial charge on any atom is -0.478 e. The summed E-state index contributed by atoms with van der Waals surface area (Å²) in [6.45, 7) is 1.78. The van der Waals surface area contributed by atoms with Crippen LogP contribution in [0.25, 0.3) is 0 Å². The maximum absolute atomic E-state index is 13.8. The highest BCUT2D eigenvalue weighted by molar-refractivity contribution is 6.33. The first-order valence-electron chi connectivity index (χ1n) is 6.13. The average molecular weight is 328 g/mol. The molecule has 0 fully saturated rings. The summed E-state index contributed by atoms with van der Waals surface area (Å²) in [6, 6.07) is 8.22. The molecule has 2 aromatic carbocycles. The monoisotopic (exact) mass is 327 g/mol. The third-order valence-electron chi connectivity index (χ3n) is 3.01. The lowest BCUT2D eigenvalue weighted by molar-refractivity contribution is 0.0697. The number of benzene rings is 2. The Morgan fingerprint density at radius 1 is 1.24 bits per heavy atom. The molecule has 0 aliphatic carbocycles. The van der Waals surface area contributed by atoms with E-state index in [2.05, 4.69) is 5.32 Å². The Kier molecular flexibility index (Phi) is 4.70. The van der Waals surface area contributed by atoms with Crippen molar-refractivity contribution in [2.45, 2.75) is 13.0 Å². The topological polar surface area (TPSA) is 49.3 Å². The summed E-state index contributed by atoms with van der Waals surface area (Å²) in [5.41, 5.74) is 0.797. The van der Waals surface area contributed by atoms with Crippen molar-refractivity contribution in [1.82, 2.24) is 0 Å². The predicted molar refractivity (Wildman–Crippen MR) is 81.9 cm³/mol. The smallest absolute Gasteiger partial charge is 0.335 e. The first-order chi connectivity index (χ1) is 9.88. The number of carboxylic acids is 1. The van der Waals surface area contributed by atoms with Gasteiger partial charge >= 0.3 is 5.97 Å². The third-order valence-corrected chi connectivity index (χ3v) is 3.59. The van der Waals surface area contributed by atoms with Gasteiger partial charge in [-0.15, -0.1) is 0 Å². The second-order valence-corrected chi connectivity index (χ2v) is 5.38. The lowest BCUT2D eigenvalue weighted by atomic mass is 10.1. The minimum absolute atomic E-state index is 0.00305. The first kappa shape index (κ1) is 15.6. The van der Waals surface area contributed by atoms with Crippen LogP contribution in [0.2, 0.25) is 10.0 Å². The summed E-state index contributed by atoms with van der Waals surface area (Å²) >= 11 is 12.0. The van der Waals surface area contributed by atoms with Gasteiger partial charge in [0.25, 0.3) is 0 Å². The van der Waals surface area contributed by atoms with E-state index in [0.29, 0.717) is 15.6 Å². The molecule has 1 unspecified atom stereocenters. The van der Waals surface area contributed by atoms with Crippen LogP contribution in [0.3, 0.4) is 0 Å². The van der Waals surface area contributed by atoms with Crippen molar-refractivity contribution in [3.05, 3.63) is 63.4 Å². The fourth-order valence-corrected chi connectivity index (χ4v) is 2.39. The van der Waals surface area contributed by atoms with E-state index in [0.717, 1.165) is 6.07 Å². The fraction of sp³-hybridized carbons (Fsp3) is 0.133. The second kappa shape index (κ2) is 6.33. The van der Waals surface area contributed by atoms with Crippen molar-refractivity contribution in [1.29, 1.82) is 0 Å². The Labute approximate surface area is 131 Å². The van der Waals surface area contributed by atoms with Crippen LogP contribution < -0.4 is 5.32 Å². The van der Waals surface area contributed by atoms with Gasteiger partial charge in [0.15, 0.2) is 0 Å². The average Bonchev–Trinajstić information content (AvgIpc) is 2.43. The number of rotatable bonds is 4. The molecular formula is C15H12Cl2FNO2. The number of anilines is 1. The summed E-state index contributed by atoms with van der Waals surface area (Å²) < 4.78 is 13.8. The van der Waals surface area contributed by atoms with Crippen LogP contribution in [0.15, 0.2) is 36.4 Å². The van der Waals surface area contributed by atoms with Crippen LogP contribution in [0.5, 0.6) is 0 Å². The molecule has 0 amide bonds. The second-order valence-electron chi connectivity index (χ2n) is 4.53. The quantitative estimate of drug-likeness (QED) is 0.830. The van der Waals surface area contributed by atoms with Gasteiger partial charge in [-0.2, -0.15) is 0 Å². The van der Waals surface area contributed by atoms with Crippen LogP contribution in [0.4, 0.5) is 10.1 Å². The van der Waals surface area contributed by atoms with Crippen LogP contribution in [0, 0.1) is 5.82 Å². The van der Waals surface area contributed by atoms with Gasteiger partial charge in [0.1, 0.15) is 5.82 Å². The van der Waals surface area contributed by atoms with E-state index in [1.165, 1.54) is 12.1 Å². The Hall–Kier alpha value is -1.78. The number of hydrogen-bond donors (Lipinski definition) is 2. The maximum Gasteiger partial charge on any atom is 0.335 e. The number of hydrogen-bond acceptors (Lipinski definition) is 2. The van der Waals surface area contributed by atoms with Crippen molar-refractivity contribution in [3.63, 3.8) is 0 Å². The zero-order chi connectivity index (χ0) is 15.6. The summed E-state index contributed by atoms with van der Waals surface area (Å²) in [5, 5.41) is 12.9. The summed E-state index contributed by atoms with van der Waals surface area (Å²) in [4.78, 5) is 10.9. The van der Waals surface area contributed by atoms with E-state index >= 15 is 0 Å². The van der Waals surface area contributed by atoms with Crippen molar-refractivity contribution in [2.24, 2.45) is 0 Å². The molecule has 2 rings (SSSR count). The van der Waals surface area contributed by atoms with Gasteiger partial charge in [-0.25, -0.2) is 9.18 Å². The maximum atomic E-state index is 13.8. The van der Waals surface area contributed by atoms with Gasteiger partial charge in [0.2, 0.25) is 0 Å². The molecule has 2 N–H and O–H groups in total. The Balaban J connectivity index is 2.31. The van der Waals surface area contributed by atoms with Crippen LogP contribution in [0.1, 0.15) is 28.9 Å². The Morgan fingerprint density at radius 2 is 1.95 bits per heavy atom. The summed E-state index contributed by atoms with van der Waals surface area (Å²) in [6.07, 6.45) is 0. The number of aromatic carboxylic acids is 1. The van der Waals surface area contributed by atoms with Crippen molar-refractivity contribution >= 4 is 34.9 Å². The molecule has 110 valence electrons. The molecule has 0 aromatic heterocycles. The minimum atomic E-state index is -1.12. The zero-order valence-electron chi connectivity index (χ0n) is 11.0. The van der Waals surface area contributed by atoms with Crippen LogP contribution in [-0.4, -0.2) is 11.1 Å². The predicted octanol–water partition coefficient (Wildman–Crippen LogP) is 5.00. The molecule has 21 heavy (non-hydrogen) atoms. The highest BCUT2D eigenvalue weighted by atomic mass is 35.5. The lowest BCUT2D eigenvalue weighted by Gasteiger charge is -2.18. The number of halogens is 3. The van der Waals surface area contributed by atoms with E-state index in [4.69, 9.17) is 28.3 Å². The Morgan fingerprint density at radius 3 is 2.62 bits per heavy atom. The number of nitrogens with one attached hydrogen (secondary N) is 1. The van der Waals surface area contributed by atoms with Gasteiger partial charge in [-0.3, -0.25) is 0 Å². The molecule has 0 aliphatic rings. The summed E-state index contributed by atoms with van der Waals surface area (Å²) in [7, 11) is 0. The molecule has 0 spiro atoms. The normalized spacial score (nSPS) is 12.0. The molecule has 0 saturated heterocycles. The molecule has 0 heterocycles. The third kappa shape index (κ3) is 3.65. The van der Waals surface area contributed by atoms with Gasteiger partial charge in [0.05, 0.1) is 17.3 Å². The van der Waals surface area contributed by atoms with E-state index in [-0.39, 0.29) is 17.3 Å². The fourth-order valence-electron chi connectivity index (χ4n) is 1.93. The number of carbonyl (C=O) groups is 1. The molecule has 0 radical (unpaired) electrons. The van der Waals surface area contributed by atoms with Gasteiger partial charge in [0, 0.05) is 10.0 Å². The largest absolute Gasteiger partial charge is 0.478 e. The van der Waals surface area contributed by atoms with Crippen LogP contribution in [-0.2, 0) is 0 Å². The highest BCUT2D eigenvalue weighted by Crippen LogP contribution is 2.29. The van der Waals surface area contributed by atoms with Crippen LogP contribution >= 0.6 is 23.2 Å². The van der Waals surface area contributed by atoms with Crippen molar-refractivity contribution < 1.29 is 14.3 Å². The SMILES string of the molecule is CC(Nc1cc(C(=O)O)ccc1F)c1cc(Cl)ccc1Cl. The van der Waals surface area contributed by atoms with Crippen molar-refractivity contribution in [2.75, 3.05) is 5.32 Å². The first-order valence-corrected chi connectivity index (χ1v) is 6.88. The molecule has 0 saturated carbocycles. The number of carboxylic acid groups (broad SMARTS) is 1. The molecular weight excluding hydrogens is 316 g/mol. The van der Waals surface area contributed by atoms with E-state index in [1.807, 2.05) is 0 Å². The Bertz CT molecular complexity index is 691. The van der Waals surface area contributed by atoms with Gasteiger partial charge in [-0.05, 0) is 48.9 Å². The molecule has 6 heteroatoms. The van der Waals surface area contributed by atoms with E-state index in [1.54, 1.807) is 25.1 Å². The van der Waals surface area contributed by atoms with Crippen molar-refractivity contribution in [3.8, 4) is 0 Å². The van der Waals surface area contributed by atoms with Gasteiger partial charge in [-0.1, -0.05) is 23.2 Å². The lowest BCUT2D eigenvalue weighted by Crippen LogP contribution is -2.09.